The number of anilines is 1. The van der Waals surface area contributed by atoms with Crippen molar-refractivity contribution in [2.24, 2.45) is 5.92 Å². The average molecular weight is 445 g/mol. The van der Waals surface area contributed by atoms with Crippen molar-refractivity contribution in [3.63, 3.8) is 0 Å². The predicted octanol–water partition coefficient (Wildman–Crippen LogP) is 3.08. The number of hydrogen-bond acceptors (Lipinski definition) is 5. The number of para-hydroxylation sites is 1. The summed E-state index contributed by atoms with van der Waals surface area (Å²) >= 11 is 0. The van der Waals surface area contributed by atoms with Crippen molar-refractivity contribution in [1.82, 2.24) is 4.31 Å². The summed E-state index contributed by atoms with van der Waals surface area (Å²) in [5, 5.41) is 0. The van der Waals surface area contributed by atoms with E-state index in [4.69, 9.17) is 9.47 Å². The van der Waals surface area contributed by atoms with E-state index in [1.54, 1.807) is 6.07 Å². The maximum atomic E-state index is 13.4. The number of rotatable bonds is 5. The molecule has 166 valence electrons. The summed E-state index contributed by atoms with van der Waals surface area (Å²) in [6.07, 6.45) is 2.15. The first-order valence-electron chi connectivity index (χ1n) is 10.5. The number of fused-ring (bicyclic) bond motifs is 1. The molecule has 31 heavy (non-hydrogen) atoms. The van der Waals surface area contributed by atoms with Crippen LogP contribution in [0, 0.1) is 5.92 Å². The number of methoxy groups -OCH3 is 2. The van der Waals surface area contributed by atoms with Crippen LogP contribution in [0.5, 0.6) is 11.5 Å². The zero-order chi connectivity index (χ0) is 22.2. The highest BCUT2D eigenvalue weighted by Crippen LogP contribution is 2.36. The summed E-state index contributed by atoms with van der Waals surface area (Å²) < 4.78 is 38.5. The Labute approximate surface area is 183 Å². The van der Waals surface area contributed by atoms with Gasteiger partial charge in [-0.25, -0.2) is 8.42 Å². The maximum absolute atomic E-state index is 13.4. The Morgan fingerprint density at radius 3 is 2.55 bits per heavy atom. The van der Waals surface area contributed by atoms with Crippen molar-refractivity contribution in [3.8, 4) is 11.5 Å². The molecule has 1 fully saturated rings. The van der Waals surface area contributed by atoms with Crippen LogP contribution in [0.25, 0.3) is 0 Å². The van der Waals surface area contributed by atoms with Crippen molar-refractivity contribution in [3.05, 3.63) is 48.0 Å². The quantitative estimate of drug-likeness (QED) is 0.708. The highest BCUT2D eigenvalue weighted by molar-refractivity contribution is 7.89. The first kappa shape index (κ1) is 21.6. The Kier molecular flexibility index (Phi) is 5.94. The SMILES string of the molecule is COc1ccc(S(=O)(=O)N2CCC[C@H](C(=O)N3c4ccccc4C[C@@H]3C)C2)cc1OC. The molecule has 7 nitrogen and oxygen atoms in total. The summed E-state index contributed by atoms with van der Waals surface area (Å²) in [5.41, 5.74) is 2.11. The maximum Gasteiger partial charge on any atom is 0.243 e. The molecule has 0 bridgehead atoms. The normalized spacial score (nSPS) is 21.6. The molecule has 2 aliphatic heterocycles. The second-order valence-electron chi connectivity index (χ2n) is 8.11. The van der Waals surface area contributed by atoms with Crippen LogP contribution in [0.4, 0.5) is 5.69 Å². The fourth-order valence-corrected chi connectivity index (χ4v) is 6.13. The Bertz CT molecular complexity index is 1090. The summed E-state index contributed by atoms with van der Waals surface area (Å²) in [5.74, 6) is 0.465. The minimum Gasteiger partial charge on any atom is -0.493 e. The van der Waals surface area contributed by atoms with Gasteiger partial charge < -0.3 is 14.4 Å². The first-order chi connectivity index (χ1) is 14.9. The van der Waals surface area contributed by atoms with Crippen LogP contribution in [0.15, 0.2) is 47.4 Å². The number of ether oxygens (including phenoxy) is 2. The molecule has 0 aromatic heterocycles. The van der Waals surface area contributed by atoms with Gasteiger partial charge >= 0.3 is 0 Å². The van der Waals surface area contributed by atoms with E-state index < -0.39 is 10.0 Å². The lowest BCUT2D eigenvalue weighted by Crippen LogP contribution is -2.48. The molecule has 0 unspecified atom stereocenters. The molecule has 0 spiro atoms. The minimum atomic E-state index is -3.76. The molecule has 0 aliphatic carbocycles. The fraction of sp³-hybridized carbons (Fsp3) is 0.435. The third-order valence-corrected chi connectivity index (χ3v) is 8.03. The van der Waals surface area contributed by atoms with Gasteiger partial charge in [0.2, 0.25) is 15.9 Å². The molecule has 2 aliphatic rings. The van der Waals surface area contributed by atoms with E-state index in [0.717, 1.165) is 17.7 Å². The second-order valence-corrected chi connectivity index (χ2v) is 10.0. The smallest absolute Gasteiger partial charge is 0.243 e. The standard InChI is InChI=1S/C23H28N2O5S/c1-16-13-17-7-4-5-9-20(17)25(16)23(26)18-8-6-12-24(15-18)31(27,28)19-10-11-21(29-2)22(14-19)30-3/h4-5,7,9-11,14,16,18H,6,8,12-13,15H2,1-3H3/t16-,18-/m0/s1. The fourth-order valence-electron chi connectivity index (χ4n) is 4.59. The highest BCUT2D eigenvalue weighted by atomic mass is 32.2. The molecule has 2 aromatic carbocycles. The number of nitrogens with zero attached hydrogens (tertiary/aromatic N) is 2. The molecule has 1 saturated heterocycles. The van der Waals surface area contributed by atoms with E-state index in [9.17, 15) is 13.2 Å². The van der Waals surface area contributed by atoms with Crippen molar-refractivity contribution in [2.45, 2.75) is 37.1 Å². The molecule has 0 radical (unpaired) electrons. The van der Waals surface area contributed by atoms with Crippen LogP contribution in [0.2, 0.25) is 0 Å². The molecule has 0 saturated carbocycles. The number of hydrogen-bond donors (Lipinski definition) is 0. The largest absolute Gasteiger partial charge is 0.493 e. The second kappa shape index (κ2) is 8.51. The van der Waals surface area contributed by atoms with Gasteiger partial charge in [-0.15, -0.1) is 0 Å². The predicted molar refractivity (Wildman–Crippen MR) is 118 cm³/mol. The van der Waals surface area contributed by atoms with Gasteiger partial charge in [-0.05, 0) is 49.9 Å². The number of benzene rings is 2. The number of carbonyl (C=O) groups excluding carboxylic acids is 1. The molecule has 4 rings (SSSR count). The van der Waals surface area contributed by atoms with E-state index >= 15 is 0 Å². The topological polar surface area (TPSA) is 76.2 Å². The molecule has 2 heterocycles. The minimum absolute atomic E-state index is 0.00432. The Hall–Kier alpha value is -2.58. The van der Waals surface area contributed by atoms with E-state index in [-0.39, 0.29) is 29.3 Å². The van der Waals surface area contributed by atoms with Gasteiger partial charge in [0.15, 0.2) is 11.5 Å². The van der Waals surface area contributed by atoms with Gasteiger partial charge in [0.05, 0.1) is 25.0 Å². The zero-order valence-corrected chi connectivity index (χ0v) is 18.9. The van der Waals surface area contributed by atoms with E-state index in [1.165, 1.54) is 30.7 Å². The Balaban J connectivity index is 1.57. The monoisotopic (exact) mass is 444 g/mol. The lowest BCUT2D eigenvalue weighted by molar-refractivity contribution is -0.123. The highest BCUT2D eigenvalue weighted by Gasteiger charge is 2.39. The van der Waals surface area contributed by atoms with Gasteiger partial charge in [-0.3, -0.25) is 4.79 Å². The van der Waals surface area contributed by atoms with Gasteiger partial charge in [0, 0.05) is 30.9 Å². The van der Waals surface area contributed by atoms with Crippen LogP contribution >= 0.6 is 0 Å². The van der Waals surface area contributed by atoms with Crippen LogP contribution in [-0.4, -0.2) is 52.0 Å². The van der Waals surface area contributed by atoms with Crippen molar-refractivity contribution in [1.29, 1.82) is 0 Å². The summed E-state index contributed by atoms with van der Waals surface area (Å²) in [6, 6.07) is 12.6. The van der Waals surface area contributed by atoms with E-state index in [2.05, 4.69) is 0 Å². The summed E-state index contributed by atoms with van der Waals surface area (Å²) in [7, 11) is -0.781. The Morgan fingerprint density at radius 2 is 1.81 bits per heavy atom. The van der Waals surface area contributed by atoms with Crippen molar-refractivity contribution >= 4 is 21.6 Å². The first-order valence-corrected chi connectivity index (χ1v) is 11.9. The average Bonchev–Trinajstić information content (AvgIpc) is 3.13. The molecule has 0 N–H and O–H groups in total. The van der Waals surface area contributed by atoms with Crippen molar-refractivity contribution < 1.29 is 22.7 Å². The van der Waals surface area contributed by atoms with E-state index in [0.29, 0.717) is 30.9 Å². The Morgan fingerprint density at radius 1 is 1.06 bits per heavy atom. The van der Waals surface area contributed by atoms with Crippen LogP contribution < -0.4 is 14.4 Å². The molecule has 8 heteroatoms. The zero-order valence-electron chi connectivity index (χ0n) is 18.1. The van der Waals surface area contributed by atoms with Gasteiger partial charge in [-0.1, -0.05) is 18.2 Å². The number of piperidine rings is 1. The number of amides is 1. The van der Waals surface area contributed by atoms with Crippen molar-refractivity contribution in [2.75, 3.05) is 32.2 Å². The summed E-state index contributed by atoms with van der Waals surface area (Å²) in [6.45, 7) is 2.62. The van der Waals surface area contributed by atoms with Crippen LogP contribution in [0.3, 0.4) is 0 Å². The summed E-state index contributed by atoms with van der Waals surface area (Å²) in [4.78, 5) is 15.4. The van der Waals surface area contributed by atoms with Crippen LogP contribution in [-0.2, 0) is 21.2 Å². The van der Waals surface area contributed by atoms with Gasteiger partial charge in [0.1, 0.15) is 0 Å². The van der Waals surface area contributed by atoms with Crippen LogP contribution in [0.1, 0.15) is 25.3 Å². The van der Waals surface area contributed by atoms with Gasteiger partial charge in [-0.2, -0.15) is 4.31 Å². The molecule has 1 amide bonds. The molecule has 2 atom stereocenters. The molecular formula is C23H28N2O5S. The number of sulfonamides is 1. The molecular weight excluding hydrogens is 416 g/mol. The number of carbonyl (C=O) groups is 1. The lowest BCUT2D eigenvalue weighted by Gasteiger charge is -2.34. The third kappa shape index (κ3) is 3.90. The van der Waals surface area contributed by atoms with Gasteiger partial charge in [0.25, 0.3) is 0 Å². The third-order valence-electron chi connectivity index (χ3n) is 6.17. The molecule has 2 aromatic rings. The lowest BCUT2D eigenvalue weighted by atomic mass is 9.97. The van der Waals surface area contributed by atoms with E-state index in [1.807, 2.05) is 36.1 Å².